The van der Waals surface area contributed by atoms with Crippen molar-refractivity contribution in [1.82, 2.24) is 4.98 Å². The van der Waals surface area contributed by atoms with Gasteiger partial charge in [-0.3, -0.25) is 0 Å². The number of halogens is 1. The van der Waals surface area contributed by atoms with Gasteiger partial charge in [0, 0.05) is 12.2 Å². The Morgan fingerprint density at radius 3 is 2.63 bits per heavy atom. The number of nitrogens with zero attached hydrogens (tertiary/aromatic N) is 2. The van der Waals surface area contributed by atoms with Gasteiger partial charge in [0.2, 0.25) is 0 Å². The largest absolute Gasteiger partial charge is 0.397 e. The Bertz CT molecular complexity index is 528. The van der Waals surface area contributed by atoms with Crippen LogP contribution in [0.4, 0.5) is 17.2 Å². The van der Waals surface area contributed by atoms with Gasteiger partial charge in [0.25, 0.3) is 0 Å². The Morgan fingerprint density at radius 1 is 1.26 bits per heavy atom. The second kappa shape index (κ2) is 6.43. The lowest BCUT2D eigenvalue weighted by Crippen LogP contribution is -2.20. The van der Waals surface area contributed by atoms with Gasteiger partial charge in [-0.15, -0.1) is 0 Å². The molecule has 1 aromatic heterocycles. The van der Waals surface area contributed by atoms with Crippen LogP contribution in [0, 0.1) is 0 Å². The van der Waals surface area contributed by atoms with Crippen LogP contribution in [0.3, 0.4) is 0 Å². The second-order valence-electron chi connectivity index (χ2n) is 4.41. The van der Waals surface area contributed by atoms with Gasteiger partial charge in [0.1, 0.15) is 0 Å². The number of nitrogen functional groups attached to an aromatic ring is 1. The van der Waals surface area contributed by atoms with Gasteiger partial charge >= 0.3 is 0 Å². The van der Waals surface area contributed by atoms with Crippen LogP contribution in [0.15, 0.2) is 42.6 Å². The number of hydrogen-bond donors (Lipinski definition) is 1. The lowest BCUT2D eigenvalue weighted by atomic mass is 10.2. The zero-order valence-electron chi connectivity index (χ0n) is 11.0. The van der Waals surface area contributed by atoms with Crippen LogP contribution in [0.1, 0.15) is 19.8 Å². The van der Waals surface area contributed by atoms with Crippen molar-refractivity contribution in [1.29, 1.82) is 0 Å². The standard InChI is InChI=1S/C15H18ClN3/c1-2-3-9-19(13-7-5-4-6-8-13)15-14(16)10-12(17)11-18-15/h4-8,10-11H,2-3,9,17H2,1H3. The average Bonchev–Trinajstić information content (AvgIpc) is 2.42. The van der Waals surface area contributed by atoms with E-state index in [-0.39, 0.29) is 0 Å². The van der Waals surface area contributed by atoms with E-state index in [1.54, 1.807) is 12.3 Å². The van der Waals surface area contributed by atoms with Crippen molar-refractivity contribution < 1.29 is 0 Å². The lowest BCUT2D eigenvalue weighted by molar-refractivity contribution is 0.780. The Hall–Kier alpha value is -1.74. The maximum Gasteiger partial charge on any atom is 0.151 e. The van der Waals surface area contributed by atoms with Gasteiger partial charge in [0.05, 0.1) is 16.9 Å². The minimum Gasteiger partial charge on any atom is -0.397 e. The number of nitrogens with two attached hydrogens (primary N) is 1. The molecule has 0 aliphatic carbocycles. The summed E-state index contributed by atoms with van der Waals surface area (Å²) in [5.41, 5.74) is 7.37. The smallest absolute Gasteiger partial charge is 0.151 e. The normalized spacial score (nSPS) is 10.4. The number of pyridine rings is 1. The van der Waals surface area contributed by atoms with Gasteiger partial charge in [0.15, 0.2) is 5.82 Å². The first-order valence-electron chi connectivity index (χ1n) is 6.46. The fourth-order valence-corrected chi connectivity index (χ4v) is 2.20. The molecule has 0 saturated heterocycles. The first-order chi connectivity index (χ1) is 9.22. The third kappa shape index (κ3) is 3.38. The summed E-state index contributed by atoms with van der Waals surface area (Å²) in [6.07, 6.45) is 3.84. The summed E-state index contributed by atoms with van der Waals surface area (Å²) in [4.78, 5) is 6.51. The highest BCUT2D eigenvalue weighted by molar-refractivity contribution is 6.33. The van der Waals surface area contributed by atoms with Crippen molar-refractivity contribution in [2.45, 2.75) is 19.8 Å². The van der Waals surface area contributed by atoms with Crippen LogP contribution in [0.25, 0.3) is 0 Å². The molecule has 2 N–H and O–H groups in total. The van der Waals surface area contributed by atoms with Gasteiger partial charge in [-0.25, -0.2) is 4.98 Å². The molecule has 2 rings (SSSR count). The fourth-order valence-electron chi connectivity index (χ4n) is 1.93. The predicted molar refractivity (Wildman–Crippen MR) is 82.0 cm³/mol. The molecule has 1 heterocycles. The third-order valence-corrected chi connectivity index (χ3v) is 3.18. The first kappa shape index (κ1) is 13.7. The minimum atomic E-state index is 0.581. The fraction of sp³-hybridized carbons (Fsp3) is 0.267. The zero-order valence-corrected chi connectivity index (χ0v) is 11.8. The quantitative estimate of drug-likeness (QED) is 0.887. The van der Waals surface area contributed by atoms with Crippen LogP contribution in [-0.2, 0) is 0 Å². The van der Waals surface area contributed by atoms with Crippen LogP contribution >= 0.6 is 11.6 Å². The predicted octanol–water partition coefficient (Wildman–Crippen LogP) is 4.26. The number of rotatable bonds is 5. The van der Waals surface area contributed by atoms with E-state index in [2.05, 4.69) is 28.9 Å². The van der Waals surface area contributed by atoms with E-state index in [0.29, 0.717) is 10.7 Å². The number of unbranched alkanes of at least 4 members (excludes halogenated alkanes) is 1. The van der Waals surface area contributed by atoms with E-state index in [0.717, 1.165) is 30.9 Å². The van der Waals surface area contributed by atoms with Gasteiger partial charge < -0.3 is 10.6 Å². The molecule has 100 valence electrons. The molecular weight excluding hydrogens is 258 g/mol. The highest BCUT2D eigenvalue weighted by Gasteiger charge is 2.13. The minimum absolute atomic E-state index is 0.581. The van der Waals surface area contributed by atoms with Crippen molar-refractivity contribution in [3.05, 3.63) is 47.6 Å². The summed E-state index contributed by atoms with van der Waals surface area (Å²) in [7, 11) is 0. The van der Waals surface area contributed by atoms with E-state index < -0.39 is 0 Å². The van der Waals surface area contributed by atoms with Crippen LogP contribution in [0.5, 0.6) is 0 Å². The Kier molecular flexibility index (Phi) is 4.63. The molecule has 19 heavy (non-hydrogen) atoms. The number of benzene rings is 1. The monoisotopic (exact) mass is 275 g/mol. The molecule has 0 saturated carbocycles. The van der Waals surface area contributed by atoms with E-state index in [9.17, 15) is 0 Å². The van der Waals surface area contributed by atoms with Crippen molar-refractivity contribution in [3.63, 3.8) is 0 Å². The van der Waals surface area contributed by atoms with Crippen molar-refractivity contribution in [2.75, 3.05) is 17.2 Å². The summed E-state index contributed by atoms with van der Waals surface area (Å²) in [6, 6.07) is 11.9. The Balaban J connectivity index is 2.37. The molecular formula is C15H18ClN3. The molecule has 0 fully saturated rings. The van der Waals surface area contributed by atoms with Gasteiger partial charge in [-0.1, -0.05) is 43.1 Å². The SMILES string of the molecule is CCCCN(c1ccccc1)c1ncc(N)cc1Cl. The molecule has 0 amide bonds. The molecule has 0 atom stereocenters. The van der Waals surface area contributed by atoms with Crippen LogP contribution in [-0.4, -0.2) is 11.5 Å². The molecule has 0 spiro atoms. The molecule has 0 radical (unpaired) electrons. The van der Waals surface area contributed by atoms with Crippen molar-refractivity contribution >= 4 is 28.8 Å². The average molecular weight is 276 g/mol. The second-order valence-corrected chi connectivity index (χ2v) is 4.82. The number of para-hydroxylation sites is 1. The summed E-state index contributed by atoms with van der Waals surface area (Å²) >= 11 is 6.27. The van der Waals surface area contributed by atoms with Crippen molar-refractivity contribution in [2.24, 2.45) is 0 Å². The van der Waals surface area contributed by atoms with Crippen molar-refractivity contribution in [3.8, 4) is 0 Å². The summed E-state index contributed by atoms with van der Waals surface area (Å²) in [5, 5.41) is 0.583. The lowest BCUT2D eigenvalue weighted by Gasteiger charge is -2.24. The molecule has 0 aliphatic heterocycles. The van der Waals surface area contributed by atoms with E-state index in [1.807, 2.05) is 18.2 Å². The Morgan fingerprint density at radius 2 is 2.00 bits per heavy atom. The molecule has 0 aliphatic rings. The van der Waals surface area contributed by atoms with Crippen LogP contribution < -0.4 is 10.6 Å². The maximum atomic E-state index is 6.27. The zero-order chi connectivity index (χ0) is 13.7. The van der Waals surface area contributed by atoms with E-state index in [4.69, 9.17) is 17.3 Å². The molecule has 0 unspecified atom stereocenters. The van der Waals surface area contributed by atoms with Gasteiger partial charge in [-0.05, 0) is 24.6 Å². The topological polar surface area (TPSA) is 42.2 Å². The summed E-state index contributed by atoms with van der Waals surface area (Å²) in [6.45, 7) is 3.05. The van der Waals surface area contributed by atoms with Crippen LogP contribution in [0.2, 0.25) is 5.02 Å². The number of anilines is 3. The highest BCUT2D eigenvalue weighted by atomic mass is 35.5. The maximum absolute atomic E-state index is 6.27. The molecule has 3 nitrogen and oxygen atoms in total. The molecule has 0 bridgehead atoms. The van der Waals surface area contributed by atoms with E-state index in [1.165, 1.54) is 0 Å². The Labute approximate surface area is 119 Å². The first-order valence-corrected chi connectivity index (χ1v) is 6.83. The summed E-state index contributed by atoms with van der Waals surface area (Å²) < 4.78 is 0. The molecule has 4 heteroatoms. The highest BCUT2D eigenvalue weighted by Crippen LogP contribution is 2.31. The third-order valence-electron chi connectivity index (χ3n) is 2.90. The summed E-state index contributed by atoms with van der Waals surface area (Å²) in [5.74, 6) is 0.760. The number of hydrogen-bond acceptors (Lipinski definition) is 3. The molecule has 2 aromatic rings. The van der Waals surface area contributed by atoms with Gasteiger partial charge in [-0.2, -0.15) is 0 Å². The number of aromatic nitrogens is 1. The van der Waals surface area contributed by atoms with E-state index >= 15 is 0 Å². The molecule has 1 aromatic carbocycles.